The Morgan fingerprint density at radius 1 is 0.951 bits per heavy atom. The highest BCUT2D eigenvalue weighted by Crippen LogP contribution is 2.36. The van der Waals surface area contributed by atoms with Crippen LogP contribution in [0.4, 0.5) is 11.4 Å². The summed E-state index contributed by atoms with van der Waals surface area (Å²) in [4.78, 5) is 36.2. The van der Waals surface area contributed by atoms with Crippen molar-refractivity contribution in [3.8, 4) is 17.4 Å². The van der Waals surface area contributed by atoms with Crippen LogP contribution in [0.5, 0.6) is 17.4 Å². The van der Waals surface area contributed by atoms with Crippen LogP contribution in [0.2, 0.25) is 0 Å². The number of ether oxygens (including phenoxy) is 3. The SMILES string of the molecule is CCOC(=O)c1ccc2c(C(=Nc3ccc(N(C)C(=O)CN(C)C)cc3)c3ccc4c(c3)OCCO4)c(O)[nH]c2c1. The third kappa shape index (κ3) is 5.87. The van der Waals surface area contributed by atoms with Crippen LogP contribution in [0.25, 0.3) is 10.9 Å². The number of H-pyrrole nitrogens is 1. The van der Waals surface area contributed by atoms with Crippen LogP contribution in [-0.4, -0.2) is 80.1 Å². The summed E-state index contributed by atoms with van der Waals surface area (Å²) in [5, 5.41) is 11.8. The van der Waals surface area contributed by atoms with E-state index in [0.717, 1.165) is 5.69 Å². The van der Waals surface area contributed by atoms with E-state index in [1.54, 1.807) is 37.1 Å². The minimum absolute atomic E-state index is 0.0332. The third-order valence-corrected chi connectivity index (χ3v) is 6.65. The molecule has 1 aliphatic heterocycles. The number of aromatic nitrogens is 1. The minimum Gasteiger partial charge on any atom is -0.494 e. The van der Waals surface area contributed by atoms with E-state index >= 15 is 0 Å². The topological polar surface area (TPSA) is 117 Å². The molecule has 0 bridgehead atoms. The molecule has 3 aromatic carbocycles. The molecule has 4 aromatic rings. The highest BCUT2D eigenvalue weighted by atomic mass is 16.6. The van der Waals surface area contributed by atoms with E-state index in [-0.39, 0.29) is 18.4 Å². The van der Waals surface area contributed by atoms with Gasteiger partial charge >= 0.3 is 5.97 Å². The first-order chi connectivity index (χ1) is 19.7. The fourth-order valence-electron chi connectivity index (χ4n) is 4.62. The van der Waals surface area contributed by atoms with Crippen molar-refractivity contribution in [2.24, 2.45) is 4.99 Å². The van der Waals surface area contributed by atoms with Crippen molar-refractivity contribution >= 4 is 39.9 Å². The molecule has 1 aromatic heterocycles. The molecule has 0 aliphatic carbocycles. The van der Waals surface area contributed by atoms with Crippen molar-refractivity contribution < 1.29 is 28.9 Å². The number of aromatic hydroxyl groups is 1. The van der Waals surface area contributed by atoms with Gasteiger partial charge in [0.2, 0.25) is 5.91 Å². The summed E-state index contributed by atoms with van der Waals surface area (Å²) in [7, 11) is 5.43. The standard InChI is InChI=1S/C31H32N4O6/c1-5-39-31(38)20-6-12-23-24(16-20)33-30(37)28(23)29(19-7-13-25-26(17-19)41-15-14-40-25)32-21-8-10-22(11-9-21)35(4)27(36)18-34(2)3/h6-13,16-17,33,37H,5,14-15,18H2,1-4H3. The van der Waals surface area contributed by atoms with Crippen molar-refractivity contribution in [2.75, 3.05) is 52.4 Å². The average molecular weight is 557 g/mol. The Morgan fingerprint density at radius 3 is 2.37 bits per heavy atom. The highest BCUT2D eigenvalue weighted by Gasteiger charge is 2.22. The van der Waals surface area contributed by atoms with Crippen LogP contribution in [-0.2, 0) is 9.53 Å². The summed E-state index contributed by atoms with van der Waals surface area (Å²) in [6, 6.07) is 17.9. The number of carbonyl (C=O) groups is 2. The molecule has 0 unspecified atom stereocenters. The molecule has 0 atom stereocenters. The van der Waals surface area contributed by atoms with E-state index in [2.05, 4.69) is 4.98 Å². The van der Waals surface area contributed by atoms with Gasteiger partial charge in [-0.05, 0) is 75.6 Å². The molecule has 2 N–H and O–H groups in total. The van der Waals surface area contributed by atoms with Crippen LogP contribution in [0, 0.1) is 0 Å². The van der Waals surface area contributed by atoms with Crippen LogP contribution in [0.15, 0.2) is 65.7 Å². The van der Waals surface area contributed by atoms with E-state index in [4.69, 9.17) is 19.2 Å². The van der Waals surface area contributed by atoms with Crippen molar-refractivity contribution in [3.63, 3.8) is 0 Å². The Labute approximate surface area is 237 Å². The van der Waals surface area contributed by atoms with E-state index in [0.29, 0.717) is 70.2 Å². The normalized spacial score (nSPS) is 13.0. The zero-order valence-corrected chi connectivity index (χ0v) is 23.4. The van der Waals surface area contributed by atoms with Crippen LogP contribution in [0.1, 0.15) is 28.4 Å². The molecule has 0 spiro atoms. The first-order valence-electron chi connectivity index (χ1n) is 13.3. The van der Waals surface area contributed by atoms with Gasteiger partial charge in [0.15, 0.2) is 17.4 Å². The summed E-state index contributed by atoms with van der Waals surface area (Å²) >= 11 is 0. The predicted molar refractivity (Wildman–Crippen MR) is 157 cm³/mol. The second-order valence-corrected chi connectivity index (χ2v) is 9.86. The quantitative estimate of drug-likeness (QED) is 0.242. The van der Waals surface area contributed by atoms with Gasteiger partial charge in [0, 0.05) is 29.2 Å². The lowest BCUT2D eigenvalue weighted by Crippen LogP contribution is -2.34. The number of nitrogens with zero attached hydrogens (tertiary/aromatic N) is 3. The molecule has 0 fully saturated rings. The summed E-state index contributed by atoms with van der Waals surface area (Å²) in [6.07, 6.45) is 0. The summed E-state index contributed by atoms with van der Waals surface area (Å²) in [5.74, 6) is 0.646. The van der Waals surface area contributed by atoms with Gasteiger partial charge in [-0.3, -0.25) is 4.79 Å². The predicted octanol–water partition coefficient (Wildman–Crippen LogP) is 4.51. The first-order valence-corrected chi connectivity index (χ1v) is 13.3. The number of aliphatic imine (C=N–C) groups is 1. The van der Waals surface area contributed by atoms with Crippen LogP contribution < -0.4 is 14.4 Å². The van der Waals surface area contributed by atoms with Gasteiger partial charge in [-0.1, -0.05) is 6.07 Å². The number of hydrogen-bond acceptors (Lipinski definition) is 8. The van der Waals surface area contributed by atoms with Gasteiger partial charge < -0.3 is 34.1 Å². The lowest BCUT2D eigenvalue weighted by Gasteiger charge is -2.20. The summed E-state index contributed by atoms with van der Waals surface area (Å²) in [6.45, 7) is 3.20. The summed E-state index contributed by atoms with van der Waals surface area (Å²) < 4.78 is 16.6. The number of likely N-dealkylation sites (N-methyl/N-ethyl adjacent to an activating group) is 2. The molecule has 2 heterocycles. The number of hydrogen-bond donors (Lipinski definition) is 2. The number of rotatable bonds is 8. The fraction of sp³-hybridized carbons (Fsp3) is 0.258. The molecule has 0 saturated heterocycles. The fourth-order valence-corrected chi connectivity index (χ4v) is 4.62. The number of carbonyl (C=O) groups excluding carboxylic acids is 2. The number of aromatic amines is 1. The van der Waals surface area contributed by atoms with E-state index in [1.807, 2.05) is 61.5 Å². The van der Waals surface area contributed by atoms with E-state index in [9.17, 15) is 14.7 Å². The van der Waals surface area contributed by atoms with Gasteiger partial charge in [0.05, 0.1) is 35.7 Å². The number of nitrogens with one attached hydrogen (secondary N) is 1. The molecule has 41 heavy (non-hydrogen) atoms. The Hall–Kier alpha value is -4.83. The van der Waals surface area contributed by atoms with Gasteiger partial charge in [0.25, 0.3) is 0 Å². The molecule has 0 saturated carbocycles. The maximum absolute atomic E-state index is 12.5. The van der Waals surface area contributed by atoms with Crippen LogP contribution in [0.3, 0.4) is 0 Å². The second kappa shape index (κ2) is 11.7. The highest BCUT2D eigenvalue weighted by molar-refractivity contribution is 6.22. The number of benzene rings is 3. The van der Waals surface area contributed by atoms with E-state index in [1.165, 1.54) is 0 Å². The Kier molecular flexibility index (Phi) is 7.93. The van der Waals surface area contributed by atoms with Gasteiger partial charge in [-0.15, -0.1) is 0 Å². The first kappa shape index (κ1) is 27.7. The molecule has 212 valence electrons. The number of fused-ring (bicyclic) bond motifs is 2. The molecule has 10 nitrogen and oxygen atoms in total. The monoisotopic (exact) mass is 556 g/mol. The van der Waals surface area contributed by atoms with Crippen molar-refractivity contribution in [3.05, 3.63) is 77.4 Å². The van der Waals surface area contributed by atoms with Crippen molar-refractivity contribution in [1.29, 1.82) is 0 Å². The Bertz CT molecular complexity index is 1620. The van der Waals surface area contributed by atoms with Gasteiger partial charge in [-0.2, -0.15) is 0 Å². The summed E-state index contributed by atoms with van der Waals surface area (Å²) in [5.41, 5.74) is 3.93. The van der Waals surface area contributed by atoms with E-state index < -0.39 is 5.97 Å². The zero-order valence-electron chi connectivity index (χ0n) is 23.4. The second-order valence-electron chi connectivity index (χ2n) is 9.86. The van der Waals surface area contributed by atoms with Gasteiger partial charge in [0.1, 0.15) is 13.2 Å². The molecule has 5 rings (SSSR count). The number of amides is 1. The number of esters is 1. The van der Waals surface area contributed by atoms with Crippen LogP contribution >= 0.6 is 0 Å². The molecule has 0 radical (unpaired) electrons. The Balaban J connectivity index is 1.59. The molecular formula is C31H32N4O6. The largest absolute Gasteiger partial charge is 0.494 e. The lowest BCUT2D eigenvalue weighted by molar-refractivity contribution is -0.118. The third-order valence-electron chi connectivity index (χ3n) is 6.65. The van der Waals surface area contributed by atoms with Gasteiger partial charge in [-0.25, -0.2) is 9.79 Å². The number of anilines is 1. The maximum Gasteiger partial charge on any atom is 0.338 e. The molecule has 1 aliphatic rings. The molecular weight excluding hydrogens is 524 g/mol. The van der Waals surface area contributed by atoms with Crippen molar-refractivity contribution in [2.45, 2.75) is 6.92 Å². The van der Waals surface area contributed by atoms with Crippen molar-refractivity contribution in [1.82, 2.24) is 9.88 Å². The molecule has 10 heteroatoms. The minimum atomic E-state index is -0.445. The lowest BCUT2D eigenvalue weighted by atomic mass is 9.99. The smallest absolute Gasteiger partial charge is 0.338 e. The average Bonchev–Trinajstić information content (AvgIpc) is 3.30. The maximum atomic E-state index is 12.5. The zero-order chi connectivity index (χ0) is 29.1. The molecule has 1 amide bonds. The Morgan fingerprint density at radius 2 is 1.66 bits per heavy atom.